The van der Waals surface area contributed by atoms with Crippen molar-refractivity contribution in [1.29, 1.82) is 0 Å². The highest BCUT2D eigenvalue weighted by Gasteiger charge is 2.21. The third-order valence-corrected chi connectivity index (χ3v) is 4.07. The number of hydrogen-bond acceptors (Lipinski definition) is 5. The Morgan fingerprint density at radius 2 is 1.96 bits per heavy atom. The third kappa shape index (κ3) is 4.60. The maximum absolute atomic E-state index is 12.3. The molecule has 0 aliphatic rings. The number of anilines is 1. The van der Waals surface area contributed by atoms with Crippen molar-refractivity contribution >= 4 is 33.6 Å². The van der Waals surface area contributed by atoms with Crippen LogP contribution in [0.15, 0.2) is 34.9 Å². The predicted octanol–water partition coefficient (Wildman–Crippen LogP) is 3.42. The van der Waals surface area contributed by atoms with Crippen LogP contribution in [0.1, 0.15) is 37.2 Å². The molecule has 0 bridgehead atoms. The highest BCUT2D eigenvalue weighted by atomic mass is 79.9. The summed E-state index contributed by atoms with van der Waals surface area (Å²) in [5.41, 5.74) is 0.319. The molecule has 2 rings (SSSR count). The molecule has 1 amide bonds. The summed E-state index contributed by atoms with van der Waals surface area (Å²) < 4.78 is 12.7. The van der Waals surface area contributed by atoms with Crippen molar-refractivity contribution in [3.8, 4) is 5.75 Å². The molecule has 2 aromatic rings. The molecule has 0 saturated carbocycles. The van der Waals surface area contributed by atoms with Crippen LogP contribution < -0.4 is 10.1 Å². The van der Waals surface area contributed by atoms with Crippen LogP contribution in [-0.2, 0) is 9.53 Å². The van der Waals surface area contributed by atoms with Crippen molar-refractivity contribution < 1.29 is 19.1 Å². The Bertz CT molecular complexity index is 773. The Morgan fingerprint density at radius 1 is 1.24 bits per heavy atom. The Morgan fingerprint density at radius 3 is 2.56 bits per heavy atom. The van der Waals surface area contributed by atoms with Crippen molar-refractivity contribution in [2.24, 2.45) is 0 Å². The molecule has 1 atom stereocenters. The summed E-state index contributed by atoms with van der Waals surface area (Å²) in [5, 5.41) is 6.85. The number of hydrogen-bond donors (Lipinski definition) is 1. The number of aromatic nitrogens is 2. The summed E-state index contributed by atoms with van der Waals surface area (Å²) in [6, 6.07) is 6.59. The van der Waals surface area contributed by atoms with Gasteiger partial charge in [-0.1, -0.05) is 0 Å². The van der Waals surface area contributed by atoms with Gasteiger partial charge in [0.15, 0.2) is 6.10 Å². The van der Waals surface area contributed by atoms with Gasteiger partial charge in [0, 0.05) is 12.1 Å². The molecule has 1 aromatic heterocycles. The topological polar surface area (TPSA) is 82.4 Å². The third-order valence-electron chi connectivity index (χ3n) is 3.45. The fourth-order valence-electron chi connectivity index (χ4n) is 2.13. The van der Waals surface area contributed by atoms with Crippen LogP contribution in [0.25, 0.3) is 0 Å². The molecule has 0 radical (unpaired) electrons. The first kappa shape index (κ1) is 19.0. The minimum Gasteiger partial charge on any atom is -0.496 e. The fourth-order valence-corrected chi connectivity index (χ4v) is 2.67. The number of halogens is 1. The summed E-state index contributed by atoms with van der Waals surface area (Å²) in [5.74, 6) is 0.131. The quantitative estimate of drug-likeness (QED) is 0.738. The van der Waals surface area contributed by atoms with E-state index in [1.165, 1.54) is 14.0 Å². The number of nitrogens with zero attached hydrogens (tertiary/aromatic N) is 2. The molecule has 1 unspecified atom stereocenters. The normalized spacial score (nSPS) is 11.9. The lowest BCUT2D eigenvalue weighted by molar-refractivity contribution is -0.123. The average Bonchev–Trinajstić information content (AvgIpc) is 3.02. The van der Waals surface area contributed by atoms with E-state index in [1.54, 1.807) is 35.1 Å². The van der Waals surface area contributed by atoms with Crippen LogP contribution >= 0.6 is 15.9 Å². The smallest absolute Gasteiger partial charge is 0.338 e. The number of rotatable bonds is 6. The maximum Gasteiger partial charge on any atom is 0.338 e. The number of esters is 1. The van der Waals surface area contributed by atoms with Gasteiger partial charge in [0.2, 0.25) is 0 Å². The number of methoxy groups -OCH3 is 1. The van der Waals surface area contributed by atoms with E-state index in [0.29, 0.717) is 21.6 Å². The summed E-state index contributed by atoms with van der Waals surface area (Å²) in [6.07, 6.45) is 0.644. The summed E-state index contributed by atoms with van der Waals surface area (Å²) >= 11 is 3.31. The largest absolute Gasteiger partial charge is 0.496 e. The Labute approximate surface area is 154 Å². The Hall–Kier alpha value is -2.35. The van der Waals surface area contributed by atoms with E-state index in [2.05, 4.69) is 26.3 Å². The van der Waals surface area contributed by atoms with Crippen LogP contribution in [0.5, 0.6) is 5.75 Å². The molecule has 134 valence electrons. The molecule has 0 aliphatic heterocycles. The number of nitrogens with one attached hydrogen (secondary N) is 1. The van der Waals surface area contributed by atoms with Crippen molar-refractivity contribution in [3.05, 3.63) is 40.5 Å². The summed E-state index contributed by atoms with van der Waals surface area (Å²) in [6.45, 7) is 5.42. The van der Waals surface area contributed by atoms with E-state index in [4.69, 9.17) is 9.47 Å². The van der Waals surface area contributed by atoms with E-state index in [1.807, 2.05) is 13.8 Å². The van der Waals surface area contributed by atoms with Gasteiger partial charge < -0.3 is 14.8 Å². The van der Waals surface area contributed by atoms with Gasteiger partial charge in [-0.15, -0.1) is 0 Å². The van der Waals surface area contributed by atoms with E-state index in [0.717, 1.165) is 0 Å². The lowest BCUT2D eigenvalue weighted by Crippen LogP contribution is -2.31. The van der Waals surface area contributed by atoms with Crippen LogP contribution in [0.2, 0.25) is 0 Å². The van der Waals surface area contributed by atoms with Crippen molar-refractivity contribution in [2.75, 3.05) is 12.4 Å². The first-order valence-electron chi connectivity index (χ1n) is 7.72. The standard InChI is InChI=1S/C17H20BrN3O4/c1-10(2)21-15(7-8-19-21)20-16(22)11(3)25-17(23)12-5-6-14(24-4)13(18)9-12/h5-11H,1-4H3,(H,20,22). The second-order valence-electron chi connectivity index (χ2n) is 5.64. The van der Waals surface area contributed by atoms with Crippen molar-refractivity contribution in [2.45, 2.75) is 32.9 Å². The van der Waals surface area contributed by atoms with E-state index < -0.39 is 18.0 Å². The van der Waals surface area contributed by atoms with Gasteiger partial charge in [-0.25, -0.2) is 9.48 Å². The number of ether oxygens (including phenoxy) is 2. The van der Waals surface area contributed by atoms with Crippen LogP contribution in [0, 0.1) is 0 Å². The SMILES string of the molecule is COc1ccc(C(=O)OC(C)C(=O)Nc2ccnn2C(C)C)cc1Br. The van der Waals surface area contributed by atoms with Gasteiger partial charge in [0.1, 0.15) is 11.6 Å². The minimum absolute atomic E-state index is 0.0970. The molecule has 0 saturated heterocycles. The number of amides is 1. The van der Waals surface area contributed by atoms with Gasteiger partial charge >= 0.3 is 5.97 Å². The predicted molar refractivity (Wildman–Crippen MR) is 96.8 cm³/mol. The molecule has 1 heterocycles. The lowest BCUT2D eigenvalue weighted by atomic mass is 10.2. The van der Waals surface area contributed by atoms with Crippen LogP contribution in [-0.4, -0.2) is 34.9 Å². The zero-order valence-corrected chi connectivity index (χ0v) is 16.0. The molecule has 8 heteroatoms. The molecule has 0 fully saturated rings. The zero-order chi connectivity index (χ0) is 18.6. The highest BCUT2D eigenvalue weighted by Crippen LogP contribution is 2.26. The number of carbonyl (C=O) groups is 2. The van der Waals surface area contributed by atoms with Crippen LogP contribution in [0.3, 0.4) is 0 Å². The second kappa shape index (κ2) is 8.15. The summed E-state index contributed by atoms with van der Waals surface area (Å²) in [4.78, 5) is 24.5. The maximum atomic E-state index is 12.3. The van der Waals surface area contributed by atoms with Gasteiger partial charge in [0.25, 0.3) is 5.91 Å². The summed E-state index contributed by atoms with van der Waals surface area (Å²) in [7, 11) is 1.53. The Kier molecular flexibility index (Phi) is 6.19. The van der Waals surface area contributed by atoms with E-state index >= 15 is 0 Å². The fraction of sp³-hybridized carbons (Fsp3) is 0.353. The van der Waals surface area contributed by atoms with Gasteiger partial charge in [-0.05, 0) is 54.9 Å². The van der Waals surface area contributed by atoms with E-state index in [9.17, 15) is 9.59 Å². The van der Waals surface area contributed by atoms with Gasteiger partial charge in [-0.3, -0.25) is 4.79 Å². The van der Waals surface area contributed by atoms with Crippen molar-refractivity contribution in [1.82, 2.24) is 9.78 Å². The first-order chi connectivity index (χ1) is 11.8. The first-order valence-corrected chi connectivity index (χ1v) is 8.51. The molecule has 1 aromatic carbocycles. The van der Waals surface area contributed by atoms with Gasteiger partial charge in [0.05, 0.1) is 23.3 Å². The monoisotopic (exact) mass is 409 g/mol. The second-order valence-corrected chi connectivity index (χ2v) is 6.50. The molecule has 7 nitrogen and oxygen atoms in total. The Balaban J connectivity index is 2.02. The van der Waals surface area contributed by atoms with E-state index in [-0.39, 0.29) is 6.04 Å². The molecule has 0 spiro atoms. The lowest BCUT2D eigenvalue weighted by Gasteiger charge is -2.16. The molecular weight excluding hydrogens is 390 g/mol. The minimum atomic E-state index is -0.955. The molecule has 0 aliphatic carbocycles. The number of carbonyl (C=O) groups excluding carboxylic acids is 2. The molecule has 25 heavy (non-hydrogen) atoms. The average molecular weight is 410 g/mol. The van der Waals surface area contributed by atoms with Crippen molar-refractivity contribution in [3.63, 3.8) is 0 Å². The molecule has 1 N–H and O–H groups in total. The molecular formula is C17H20BrN3O4. The van der Waals surface area contributed by atoms with Gasteiger partial charge in [-0.2, -0.15) is 5.10 Å². The highest BCUT2D eigenvalue weighted by molar-refractivity contribution is 9.10. The number of benzene rings is 1. The van der Waals surface area contributed by atoms with Crippen LogP contribution in [0.4, 0.5) is 5.82 Å². The zero-order valence-electron chi connectivity index (χ0n) is 14.4.